The van der Waals surface area contributed by atoms with Gasteiger partial charge in [-0.3, -0.25) is 4.68 Å². The Morgan fingerprint density at radius 2 is 1.90 bits per heavy atom. The Morgan fingerprint density at radius 1 is 1.19 bits per heavy atom. The van der Waals surface area contributed by atoms with Gasteiger partial charge in [-0.1, -0.05) is 18.2 Å². The minimum Gasteiger partial charge on any atom is -0.434 e. The SMILES string of the molecule is CC(NC(C)c1ccccc1OC(F)F)c1cnn(C)c1. The summed E-state index contributed by atoms with van der Waals surface area (Å²) in [6, 6.07) is 6.74. The van der Waals surface area contributed by atoms with Crippen LogP contribution in [0.2, 0.25) is 0 Å². The molecule has 0 saturated heterocycles. The van der Waals surface area contributed by atoms with Gasteiger partial charge in [-0.05, 0) is 19.9 Å². The molecule has 0 saturated carbocycles. The molecule has 0 spiro atoms. The van der Waals surface area contributed by atoms with Crippen molar-refractivity contribution < 1.29 is 13.5 Å². The number of halogens is 2. The van der Waals surface area contributed by atoms with Crippen LogP contribution in [0.5, 0.6) is 5.75 Å². The number of para-hydroxylation sites is 1. The zero-order chi connectivity index (χ0) is 15.4. The van der Waals surface area contributed by atoms with Crippen LogP contribution in [0.25, 0.3) is 0 Å². The predicted octanol–water partition coefficient (Wildman–Crippen LogP) is 3.43. The first-order chi connectivity index (χ1) is 9.97. The monoisotopic (exact) mass is 295 g/mol. The summed E-state index contributed by atoms with van der Waals surface area (Å²) in [7, 11) is 1.85. The van der Waals surface area contributed by atoms with Crippen molar-refractivity contribution in [3.63, 3.8) is 0 Å². The maximum atomic E-state index is 12.4. The molecular formula is C15H19F2N3O. The molecule has 1 aromatic carbocycles. The Bertz CT molecular complexity index is 586. The normalized spacial score (nSPS) is 14.2. The highest BCUT2D eigenvalue weighted by molar-refractivity contribution is 5.35. The number of ether oxygens (including phenoxy) is 1. The number of nitrogens with one attached hydrogen (secondary N) is 1. The fourth-order valence-corrected chi connectivity index (χ4v) is 2.27. The Kier molecular flexibility index (Phi) is 4.90. The van der Waals surface area contributed by atoms with E-state index in [2.05, 4.69) is 15.2 Å². The molecule has 2 aromatic rings. The van der Waals surface area contributed by atoms with E-state index in [9.17, 15) is 8.78 Å². The van der Waals surface area contributed by atoms with Crippen LogP contribution < -0.4 is 10.1 Å². The van der Waals surface area contributed by atoms with Crippen molar-refractivity contribution in [2.45, 2.75) is 32.5 Å². The van der Waals surface area contributed by atoms with Crippen LogP contribution in [0, 0.1) is 0 Å². The highest BCUT2D eigenvalue weighted by Crippen LogP contribution is 2.28. The van der Waals surface area contributed by atoms with Crippen molar-refractivity contribution in [1.29, 1.82) is 0 Å². The van der Waals surface area contributed by atoms with Gasteiger partial charge in [-0.2, -0.15) is 13.9 Å². The molecule has 2 atom stereocenters. The largest absolute Gasteiger partial charge is 0.434 e. The van der Waals surface area contributed by atoms with Crippen molar-refractivity contribution in [3.05, 3.63) is 47.8 Å². The molecule has 0 aliphatic heterocycles. The molecule has 1 N–H and O–H groups in total. The number of hydrogen-bond acceptors (Lipinski definition) is 3. The van der Waals surface area contributed by atoms with Crippen molar-refractivity contribution in [2.75, 3.05) is 0 Å². The van der Waals surface area contributed by atoms with E-state index in [4.69, 9.17) is 0 Å². The Morgan fingerprint density at radius 3 is 2.52 bits per heavy atom. The van der Waals surface area contributed by atoms with Crippen LogP contribution >= 0.6 is 0 Å². The molecule has 0 radical (unpaired) electrons. The first-order valence-corrected chi connectivity index (χ1v) is 6.75. The highest BCUT2D eigenvalue weighted by Gasteiger charge is 2.17. The molecule has 4 nitrogen and oxygen atoms in total. The lowest BCUT2D eigenvalue weighted by atomic mass is 10.1. The van der Waals surface area contributed by atoms with Crippen LogP contribution in [0.4, 0.5) is 8.78 Å². The Hall–Kier alpha value is -1.95. The molecule has 0 amide bonds. The van der Waals surface area contributed by atoms with Gasteiger partial charge in [0.05, 0.1) is 6.20 Å². The maximum Gasteiger partial charge on any atom is 0.387 e. The molecule has 6 heteroatoms. The highest BCUT2D eigenvalue weighted by atomic mass is 19.3. The molecular weight excluding hydrogens is 276 g/mol. The van der Waals surface area contributed by atoms with Gasteiger partial charge < -0.3 is 10.1 Å². The second kappa shape index (κ2) is 6.67. The Balaban J connectivity index is 2.11. The molecule has 0 bridgehead atoms. The zero-order valence-electron chi connectivity index (χ0n) is 12.3. The van der Waals surface area contributed by atoms with Gasteiger partial charge in [0.15, 0.2) is 0 Å². The number of aromatic nitrogens is 2. The van der Waals surface area contributed by atoms with Crippen molar-refractivity contribution >= 4 is 0 Å². The quantitative estimate of drug-likeness (QED) is 0.887. The average Bonchev–Trinajstić information content (AvgIpc) is 2.85. The minimum absolute atomic E-state index is 0.0494. The smallest absolute Gasteiger partial charge is 0.387 e. The van der Waals surface area contributed by atoms with Gasteiger partial charge in [0.2, 0.25) is 0 Å². The molecule has 114 valence electrons. The summed E-state index contributed by atoms with van der Waals surface area (Å²) in [6.45, 7) is 1.10. The lowest BCUT2D eigenvalue weighted by Crippen LogP contribution is -2.23. The summed E-state index contributed by atoms with van der Waals surface area (Å²) in [5.74, 6) is 0.200. The van der Waals surface area contributed by atoms with Gasteiger partial charge in [-0.25, -0.2) is 0 Å². The predicted molar refractivity (Wildman–Crippen MR) is 76.2 cm³/mol. The van der Waals surface area contributed by atoms with E-state index in [1.807, 2.05) is 27.1 Å². The molecule has 1 heterocycles. The number of aryl methyl sites for hydroxylation is 1. The minimum atomic E-state index is -2.82. The van der Waals surface area contributed by atoms with Gasteiger partial charge >= 0.3 is 6.61 Å². The van der Waals surface area contributed by atoms with Crippen molar-refractivity contribution in [2.24, 2.45) is 7.05 Å². The first kappa shape index (κ1) is 15.4. The van der Waals surface area contributed by atoms with E-state index >= 15 is 0 Å². The van der Waals surface area contributed by atoms with Crippen LogP contribution in [0.15, 0.2) is 36.7 Å². The van der Waals surface area contributed by atoms with Crippen LogP contribution in [-0.4, -0.2) is 16.4 Å². The molecule has 2 rings (SSSR count). The standard InChI is InChI=1S/C15H19F2N3O/c1-10(12-8-18-20(3)9-12)19-11(2)13-6-4-5-7-14(13)21-15(16)17/h4-11,15,19H,1-3H3. The van der Waals surface area contributed by atoms with Gasteiger partial charge in [0.1, 0.15) is 5.75 Å². The number of nitrogens with zero attached hydrogens (tertiary/aromatic N) is 2. The summed E-state index contributed by atoms with van der Waals surface area (Å²) in [5, 5.41) is 7.49. The van der Waals surface area contributed by atoms with E-state index < -0.39 is 6.61 Å². The van der Waals surface area contributed by atoms with E-state index in [0.29, 0.717) is 5.56 Å². The third kappa shape index (κ3) is 4.01. The first-order valence-electron chi connectivity index (χ1n) is 6.75. The van der Waals surface area contributed by atoms with E-state index in [-0.39, 0.29) is 17.8 Å². The second-order valence-corrected chi connectivity index (χ2v) is 4.97. The van der Waals surface area contributed by atoms with E-state index in [1.165, 1.54) is 0 Å². The molecule has 0 fully saturated rings. The zero-order valence-corrected chi connectivity index (χ0v) is 12.3. The lowest BCUT2D eigenvalue weighted by molar-refractivity contribution is -0.0506. The molecule has 1 aromatic heterocycles. The Labute approximate surface area is 122 Å². The fourth-order valence-electron chi connectivity index (χ4n) is 2.27. The fraction of sp³-hybridized carbons (Fsp3) is 0.400. The average molecular weight is 295 g/mol. The second-order valence-electron chi connectivity index (χ2n) is 4.97. The third-order valence-electron chi connectivity index (χ3n) is 3.33. The summed E-state index contributed by atoms with van der Waals surface area (Å²) in [5.41, 5.74) is 1.74. The van der Waals surface area contributed by atoms with Crippen molar-refractivity contribution in [1.82, 2.24) is 15.1 Å². The maximum absolute atomic E-state index is 12.4. The number of benzene rings is 1. The number of rotatable bonds is 6. The van der Waals surface area contributed by atoms with Gasteiger partial charge in [0.25, 0.3) is 0 Å². The summed E-state index contributed by atoms with van der Waals surface area (Å²) in [6.07, 6.45) is 3.71. The lowest BCUT2D eigenvalue weighted by Gasteiger charge is -2.21. The summed E-state index contributed by atoms with van der Waals surface area (Å²) >= 11 is 0. The molecule has 21 heavy (non-hydrogen) atoms. The number of hydrogen-bond donors (Lipinski definition) is 1. The topological polar surface area (TPSA) is 39.1 Å². The van der Waals surface area contributed by atoms with Crippen LogP contribution in [0.3, 0.4) is 0 Å². The third-order valence-corrected chi connectivity index (χ3v) is 3.33. The molecule has 2 unspecified atom stereocenters. The van der Waals surface area contributed by atoms with Crippen molar-refractivity contribution in [3.8, 4) is 5.75 Å². The van der Waals surface area contributed by atoms with Gasteiger partial charge in [0, 0.05) is 36.5 Å². The van der Waals surface area contributed by atoms with E-state index in [1.54, 1.807) is 35.1 Å². The van der Waals surface area contributed by atoms with Gasteiger partial charge in [-0.15, -0.1) is 0 Å². The van der Waals surface area contributed by atoms with Crippen LogP contribution in [0.1, 0.15) is 37.1 Å². The molecule has 0 aliphatic carbocycles. The summed E-state index contributed by atoms with van der Waals surface area (Å²) in [4.78, 5) is 0. The van der Waals surface area contributed by atoms with Crippen LogP contribution in [-0.2, 0) is 7.05 Å². The summed E-state index contributed by atoms with van der Waals surface area (Å²) < 4.78 is 31.2. The van der Waals surface area contributed by atoms with E-state index in [0.717, 1.165) is 5.56 Å². The molecule has 0 aliphatic rings. The number of alkyl halides is 2.